The lowest BCUT2D eigenvalue weighted by molar-refractivity contribution is -0.143. The predicted octanol–water partition coefficient (Wildman–Crippen LogP) is 0.803. The third kappa shape index (κ3) is 5.69. The van der Waals surface area contributed by atoms with Crippen LogP contribution in [-0.4, -0.2) is 20.9 Å². The van der Waals surface area contributed by atoms with Crippen LogP contribution in [0.2, 0.25) is 0 Å². The Balaban J connectivity index is 2.31. The Morgan fingerprint density at radius 2 is 1.94 bits per heavy atom. The van der Waals surface area contributed by atoms with Crippen molar-refractivity contribution in [2.75, 3.05) is 6.54 Å². The van der Waals surface area contributed by atoms with Gasteiger partial charge >= 0.3 is 5.97 Å². The monoisotopic (exact) mass is 263 g/mol. The number of carbonyl (C=O) groups is 1. The number of ether oxygens (including phenoxy) is 1. The first kappa shape index (κ1) is 13.0. The van der Waals surface area contributed by atoms with Crippen molar-refractivity contribution in [2.24, 2.45) is 0 Å². The van der Waals surface area contributed by atoms with Crippen molar-refractivity contribution >= 4 is 25.9 Å². The zero-order valence-electron chi connectivity index (χ0n) is 8.22. The van der Waals surface area contributed by atoms with Gasteiger partial charge < -0.3 is 4.74 Å². The molecular formula is C9H10ClNO4S. The molecule has 5 nitrogen and oxygen atoms in total. The SMILES string of the molecule is O=C(CNS(=O)(=O)Cl)OCc1ccccc1. The minimum Gasteiger partial charge on any atom is -0.460 e. The van der Waals surface area contributed by atoms with Gasteiger partial charge in [0.1, 0.15) is 13.2 Å². The van der Waals surface area contributed by atoms with Gasteiger partial charge in [-0.05, 0) is 5.56 Å². The molecule has 0 fully saturated rings. The molecule has 0 aliphatic rings. The van der Waals surface area contributed by atoms with Gasteiger partial charge in [0, 0.05) is 10.7 Å². The van der Waals surface area contributed by atoms with Crippen LogP contribution in [0.4, 0.5) is 0 Å². The molecule has 88 valence electrons. The number of hydrogen-bond acceptors (Lipinski definition) is 4. The van der Waals surface area contributed by atoms with Crippen LogP contribution in [0, 0.1) is 0 Å². The Hall–Kier alpha value is -1.11. The molecule has 0 radical (unpaired) electrons. The Bertz CT molecular complexity index is 446. The number of hydrogen-bond donors (Lipinski definition) is 1. The summed E-state index contributed by atoms with van der Waals surface area (Å²) in [5.74, 6) is -0.687. The standard InChI is InChI=1S/C9H10ClNO4S/c10-16(13,14)11-6-9(12)15-7-8-4-2-1-3-5-8/h1-5,11H,6-7H2. The second-order valence-corrected chi connectivity index (χ2v) is 5.29. The highest BCUT2D eigenvalue weighted by atomic mass is 35.7. The minimum absolute atomic E-state index is 0.101. The zero-order valence-corrected chi connectivity index (χ0v) is 9.79. The molecule has 0 unspecified atom stereocenters. The van der Waals surface area contributed by atoms with Crippen LogP contribution in [0.1, 0.15) is 5.56 Å². The molecule has 0 atom stereocenters. The van der Waals surface area contributed by atoms with Crippen LogP contribution < -0.4 is 4.72 Å². The second-order valence-electron chi connectivity index (χ2n) is 2.91. The van der Waals surface area contributed by atoms with E-state index in [0.717, 1.165) is 5.56 Å². The van der Waals surface area contributed by atoms with E-state index in [1.807, 2.05) is 22.9 Å². The van der Waals surface area contributed by atoms with Crippen LogP contribution >= 0.6 is 10.7 Å². The van der Waals surface area contributed by atoms with Gasteiger partial charge in [0.15, 0.2) is 0 Å². The zero-order chi connectivity index (χ0) is 12.0. The summed E-state index contributed by atoms with van der Waals surface area (Å²) in [7, 11) is 0.967. The van der Waals surface area contributed by atoms with Crippen molar-refractivity contribution in [3.8, 4) is 0 Å². The van der Waals surface area contributed by atoms with E-state index < -0.39 is 21.8 Å². The van der Waals surface area contributed by atoms with Gasteiger partial charge in [-0.3, -0.25) is 4.79 Å². The van der Waals surface area contributed by atoms with E-state index in [9.17, 15) is 13.2 Å². The van der Waals surface area contributed by atoms with E-state index in [2.05, 4.69) is 0 Å². The maximum absolute atomic E-state index is 11.1. The number of rotatable bonds is 5. The van der Waals surface area contributed by atoms with Crippen LogP contribution in [0.15, 0.2) is 30.3 Å². The quantitative estimate of drug-likeness (QED) is 0.630. The molecule has 16 heavy (non-hydrogen) atoms. The summed E-state index contributed by atoms with van der Waals surface area (Å²) in [6.45, 7) is -0.373. The lowest BCUT2D eigenvalue weighted by atomic mass is 10.2. The van der Waals surface area contributed by atoms with E-state index in [4.69, 9.17) is 15.4 Å². The molecule has 0 aliphatic carbocycles. The maximum atomic E-state index is 11.1. The van der Waals surface area contributed by atoms with Crippen LogP contribution in [0.3, 0.4) is 0 Å². The Labute approximate surface area is 97.9 Å². The summed E-state index contributed by atoms with van der Waals surface area (Å²) < 4.78 is 27.5. The van der Waals surface area contributed by atoms with E-state index in [1.54, 1.807) is 12.1 Å². The molecule has 1 aromatic carbocycles. The van der Waals surface area contributed by atoms with Crippen molar-refractivity contribution in [1.82, 2.24) is 4.72 Å². The maximum Gasteiger partial charge on any atom is 0.321 e. The lowest BCUT2D eigenvalue weighted by Crippen LogP contribution is -2.27. The van der Waals surface area contributed by atoms with Crippen molar-refractivity contribution in [1.29, 1.82) is 0 Å². The number of benzene rings is 1. The highest BCUT2D eigenvalue weighted by Crippen LogP contribution is 2.00. The van der Waals surface area contributed by atoms with Crippen molar-refractivity contribution in [3.05, 3.63) is 35.9 Å². The molecule has 1 N–H and O–H groups in total. The van der Waals surface area contributed by atoms with Gasteiger partial charge in [-0.1, -0.05) is 30.3 Å². The summed E-state index contributed by atoms with van der Waals surface area (Å²) in [5, 5.41) is 0. The Morgan fingerprint density at radius 1 is 1.31 bits per heavy atom. The normalized spacial score (nSPS) is 11.1. The highest BCUT2D eigenvalue weighted by Gasteiger charge is 2.08. The molecule has 1 aromatic rings. The van der Waals surface area contributed by atoms with E-state index >= 15 is 0 Å². The van der Waals surface area contributed by atoms with Gasteiger partial charge in [0.05, 0.1) is 0 Å². The smallest absolute Gasteiger partial charge is 0.321 e. The van der Waals surface area contributed by atoms with Crippen molar-refractivity contribution in [3.63, 3.8) is 0 Å². The molecule has 0 heterocycles. The van der Waals surface area contributed by atoms with Gasteiger partial charge in [0.25, 0.3) is 9.24 Å². The summed E-state index contributed by atoms with van der Waals surface area (Å²) in [6, 6.07) is 9.04. The van der Waals surface area contributed by atoms with Gasteiger partial charge in [-0.2, -0.15) is 13.1 Å². The van der Waals surface area contributed by atoms with Gasteiger partial charge in [-0.25, -0.2) is 0 Å². The Kier molecular flexibility index (Phi) is 4.72. The van der Waals surface area contributed by atoms with E-state index in [0.29, 0.717) is 0 Å². The first-order valence-corrected chi connectivity index (χ1v) is 6.67. The number of esters is 1. The first-order valence-electron chi connectivity index (χ1n) is 4.36. The fourth-order valence-electron chi connectivity index (χ4n) is 0.934. The molecule has 0 saturated carbocycles. The predicted molar refractivity (Wildman–Crippen MR) is 59.0 cm³/mol. The van der Waals surface area contributed by atoms with Crippen LogP contribution in [0.5, 0.6) is 0 Å². The average Bonchev–Trinajstić information content (AvgIpc) is 2.24. The fourth-order valence-corrected chi connectivity index (χ4v) is 1.39. The number of nitrogens with one attached hydrogen (secondary N) is 1. The van der Waals surface area contributed by atoms with Gasteiger partial charge in [0.2, 0.25) is 0 Å². The molecule has 0 spiro atoms. The molecule has 0 bridgehead atoms. The number of carbonyl (C=O) groups excluding carboxylic acids is 1. The van der Waals surface area contributed by atoms with Crippen LogP contribution in [-0.2, 0) is 25.4 Å². The summed E-state index contributed by atoms with van der Waals surface area (Å²) in [5.41, 5.74) is 0.824. The lowest BCUT2D eigenvalue weighted by Gasteiger charge is -2.04. The van der Waals surface area contributed by atoms with Crippen LogP contribution in [0.25, 0.3) is 0 Å². The Morgan fingerprint density at radius 3 is 2.50 bits per heavy atom. The topological polar surface area (TPSA) is 72.5 Å². The molecule has 0 saturated heterocycles. The summed E-state index contributed by atoms with van der Waals surface area (Å²) >= 11 is 0. The molecule has 0 aromatic heterocycles. The van der Waals surface area contributed by atoms with E-state index in [1.165, 1.54) is 0 Å². The molecule has 0 amide bonds. The molecular weight excluding hydrogens is 254 g/mol. The van der Waals surface area contributed by atoms with E-state index in [-0.39, 0.29) is 6.61 Å². The molecule has 1 rings (SSSR count). The van der Waals surface area contributed by atoms with Crippen molar-refractivity contribution in [2.45, 2.75) is 6.61 Å². The third-order valence-corrected chi connectivity index (χ3v) is 2.45. The third-order valence-electron chi connectivity index (χ3n) is 1.63. The average molecular weight is 264 g/mol. The fraction of sp³-hybridized carbons (Fsp3) is 0.222. The van der Waals surface area contributed by atoms with Gasteiger partial charge in [-0.15, -0.1) is 0 Å². The summed E-state index contributed by atoms with van der Waals surface area (Å²) in [6.07, 6.45) is 0. The number of halogens is 1. The summed E-state index contributed by atoms with van der Waals surface area (Å²) in [4.78, 5) is 11.1. The van der Waals surface area contributed by atoms with Crippen molar-refractivity contribution < 1.29 is 17.9 Å². The highest BCUT2D eigenvalue weighted by molar-refractivity contribution is 8.12. The second kappa shape index (κ2) is 5.83. The minimum atomic E-state index is -3.88. The molecule has 7 heteroatoms. The molecule has 0 aliphatic heterocycles. The first-order chi connectivity index (χ1) is 7.47. The largest absolute Gasteiger partial charge is 0.460 e.